The highest BCUT2D eigenvalue weighted by atomic mass is 19.1. The number of hydrogen-bond acceptors (Lipinski definition) is 4. The summed E-state index contributed by atoms with van der Waals surface area (Å²) in [4.78, 5) is 8.27. The maximum atomic E-state index is 13.1. The minimum Gasteiger partial charge on any atom is -0.370 e. The van der Waals surface area contributed by atoms with Crippen molar-refractivity contribution in [3.8, 4) is 0 Å². The van der Waals surface area contributed by atoms with Gasteiger partial charge in [-0.15, -0.1) is 0 Å². The fourth-order valence-electron chi connectivity index (χ4n) is 1.79. The Morgan fingerprint density at radius 3 is 2.89 bits per heavy atom. The predicted molar refractivity (Wildman–Crippen MR) is 73.3 cm³/mol. The zero-order chi connectivity index (χ0) is 13.7. The Hall–Kier alpha value is -2.01. The van der Waals surface area contributed by atoms with E-state index in [0.717, 1.165) is 24.3 Å². The van der Waals surface area contributed by atoms with E-state index in [0.29, 0.717) is 17.9 Å². The zero-order valence-electron chi connectivity index (χ0n) is 10.9. The number of halogens is 1. The van der Waals surface area contributed by atoms with Crippen molar-refractivity contribution in [1.82, 2.24) is 9.97 Å². The summed E-state index contributed by atoms with van der Waals surface area (Å²) < 4.78 is 13.1. The molecule has 0 saturated heterocycles. The summed E-state index contributed by atoms with van der Waals surface area (Å²) in [5, 5.41) is 3.20. The fourth-order valence-corrected chi connectivity index (χ4v) is 1.79. The molecule has 2 rings (SSSR count). The number of rotatable bonds is 5. The van der Waals surface area contributed by atoms with Crippen LogP contribution in [0.2, 0.25) is 0 Å². The molecule has 0 atom stereocenters. The van der Waals surface area contributed by atoms with Gasteiger partial charge in [0.2, 0.25) is 0 Å². The molecule has 0 amide bonds. The summed E-state index contributed by atoms with van der Waals surface area (Å²) in [7, 11) is 0. The summed E-state index contributed by atoms with van der Waals surface area (Å²) in [6, 6.07) is 6.97. The van der Waals surface area contributed by atoms with Crippen LogP contribution < -0.4 is 11.1 Å². The number of nitrogens with one attached hydrogen (secondary N) is 1. The van der Waals surface area contributed by atoms with Crippen molar-refractivity contribution in [3.05, 3.63) is 53.2 Å². The number of nitrogens with two attached hydrogens (primary N) is 1. The molecule has 100 valence electrons. The molecule has 0 saturated carbocycles. The minimum absolute atomic E-state index is 0.167. The highest BCUT2D eigenvalue weighted by molar-refractivity contribution is 5.33. The summed E-state index contributed by atoms with van der Waals surface area (Å²) in [5.74, 6) is 1.21. The Bertz CT molecular complexity index is 557. The van der Waals surface area contributed by atoms with Gasteiger partial charge >= 0.3 is 0 Å². The van der Waals surface area contributed by atoms with Crippen LogP contribution in [0.3, 0.4) is 0 Å². The molecule has 1 heterocycles. The first-order chi connectivity index (χ1) is 9.19. The van der Waals surface area contributed by atoms with E-state index in [1.54, 1.807) is 25.3 Å². The largest absolute Gasteiger partial charge is 0.370 e. The highest BCUT2D eigenvalue weighted by Gasteiger charge is 2.00. The van der Waals surface area contributed by atoms with Crippen LogP contribution in [-0.4, -0.2) is 16.5 Å². The van der Waals surface area contributed by atoms with Crippen LogP contribution in [0, 0.1) is 12.7 Å². The molecule has 0 radical (unpaired) electrons. The molecule has 1 aromatic carbocycles. The van der Waals surface area contributed by atoms with Crippen molar-refractivity contribution in [2.24, 2.45) is 5.73 Å². The second-order valence-electron chi connectivity index (χ2n) is 4.32. The fraction of sp³-hybridized carbons (Fsp3) is 0.286. The van der Waals surface area contributed by atoms with E-state index in [4.69, 9.17) is 5.73 Å². The lowest BCUT2D eigenvalue weighted by atomic mass is 10.1. The van der Waals surface area contributed by atoms with Crippen LogP contribution in [-0.2, 0) is 13.0 Å². The normalized spacial score (nSPS) is 10.5. The number of nitrogens with zero attached hydrogens (tertiary/aromatic N) is 2. The van der Waals surface area contributed by atoms with Gasteiger partial charge in [0.15, 0.2) is 0 Å². The van der Waals surface area contributed by atoms with E-state index < -0.39 is 0 Å². The number of benzene rings is 1. The standard InChI is InChI=1S/C14H17FN4/c1-10-8-11(2-3-12(10)15)4-6-17-13-5-7-18-14(9-16)19-13/h2-3,5,7-8H,4,6,9,16H2,1H3,(H,17,18,19). The van der Waals surface area contributed by atoms with E-state index >= 15 is 0 Å². The lowest BCUT2D eigenvalue weighted by Crippen LogP contribution is -2.09. The molecule has 3 N–H and O–H groups in total. The van der Waals surface area contributed by atoms with Crippen molar-refractivity contribution < 1.29 is 4.39 Å². The maximum Gasteiger partial charge on any atom is 0.144 e. The number of aryl methyl sites for hydroxylation is 1. The Morgan fingerprint density at radius 1 is 1.32 bits per heavy atom. The number of anilines is 1. The van der Waals surface area contributed by atoms with Crippen LogP contribution in [0.4, 0.5) is 10.2 Å². The van der Waals surface area contributed by atoms with Crippen LogP contribution in [0.25, 0.3) is 0 Å². The Kier molecular flexibility index (Phi) is 4.41. The second-order valence-corrected chi connectivity index (χ2v) is 4.32. The summed E-state index contributed by atoms with van der Waals surface area (Å²) in [5.41, 5.74) is 7.25. The van der Waals surface area contributed by atoms with E-state index in [-0.39, 0.29) is 5.82 Å². The van der Waals surface area contributed by atoms with E-state index in [1.807, 2.05) is 6.07 Å². The average Bonchev–Trinajstić information content (AvgIpc) is 2.43. The van der Waals surface area contributed by atoms with Crippen molar-refractivity contribution in [2.75, 3.05) is 11.9 Å². The van der Waals surface area contributed by atoms with Gasteiger partial charge in [0.1, 0.15) is 17.5 Å². The lowest BCUT2D eigenvalue weighted by Gasteiger charge is -2.07. The molecule has 0 aliphatic carbocycles. The highest BCUT2D eigenvalue weighted by Crippen LogP contribution is 2.10. The van der Waals surface area contributed by atoms with Gasteiger partial charge in [-0.1, -0.05) is 12.1 Å². The third kappa shape index (κ3) is 3.72. The third-order valence-corrected chi connectivity index (χ3v) is 2.83. The van der Waals surface area contributed by atoms with Crippen LogP contribution in [0.1, 0.15) is 17.0 Å². The molecule has 0 fully saturated rings. The van der Waals surface area contributed by atoms with Gasteiger partial charge in [-0.05, 0) is 36.6 Å². The van der Waals surface area contributed by atoms with Gasteiger partial charge in [-0.3, -0.25) is 0 Å². The van der Waals surface area contributed by atoms with Crippen molar-refractivity contribution >= 4 is 5.82 Å². The van der Waals surface area contributed by atoms with Gasteiger partial charge < -0.3 is 11.1 Å². The van der Waals surface area contributed by atoms with E-state index in [1.165, 1.54) is 6.07 Å². The first kappa shape index (κ1) is 13.4. The molecule has 0 aliphatic heterocycles. The molecule has 0 bridgehead atoms. The summed E-state index contributed by atoms with van der Waals surface area (Å²) in [6.45, 7) is 2.82. The van der Waals surface area contributed by atoms with Gasteiger partial charge in [-0.25, -0.2) is 14.4 Å². The topological polar surface area (TPSA) is 63.8 Å². The van der Waals surface area contributed by atoms with Gasteiger partial charge in [0, 0.05) is 12.7 Å². The molecule has 0 unspecified atom stereocenters. The lowest BCUT2D eigenvalue weighted by molar-refractivity contribution is 0.617. The first-order valence-corrected chi connectivity index (χ1v) is 6.20. The van der Waals surface area contributed by atoms with Crippen molar-refractivity contribution in [1.29, 1.82) is 0 Å². The van der Waals surface area contributed by atoms with E-state index in [9.17, 15) is 4.39 Å². The monoisotopic (exact) mass is 260 g/mol. The zero-order valence-corrected chi connectivity index (χ0v) is 10.9. The Morgan fingerprint density at radius 2 is 2.16 bits per heavy atom. The summed E-state index contributed by atoms with van der Waals surface area (Å²) in [6.07, 6.45) is 2.49. The number of hydrogen-bond donors (Lipinski definition) is 2. The van der Waals surface area contributed by atoms with Crippen molar-refractivity contribution in [3.63, 3.8) is 0 Å². The Balaban J connectivity index is 1.90. The average molecular weight is 260 g/mol. The molecular formula is C14H17FN4. The quantitative estimate of drug-likeness (QED) is 0.863. The third-order valence-electron chi connectivity index (χ3n) is 2.83. The minimum atomic E-state index is -0.167. The smallest absolute Gasteiger partial charge is 0.144 e. The van der Waals surface area contributed by atoms with Crippen LogP contribution in [0.15, 0.2) is 30.5 Å². The summed E-state index contributed by atoms with van der Waals surface area (Å²) >= 11 is 0. The number of aromatic nitrogens is 2. The molecule has 0 spiro atoms. The van der Waals surface area contributed by atoms with Crippen LogP contribution >= 0.6 is 0 Å². The van der Waals surface area contributed by atoms with Crippen molar-refractivity contribution in [2.45, 2.75) is 19.9 Å². The molecule has 2 aromatic rings. The second kappa shape index (κ2) is 6.24. The molecule has 1 aromatic heterocycles. The molecule has 19 heavy (non-hydrogen) atoms. The van der Waals surface area contributed by atoms with Gasteiger partial charge in [0.05, 0.1) is 6.54 Å². The maximum absolute atomic E-state index is 13.1. The van der Waals surface area contributed by atoms with Gasteiger partial charge in [-0.2, -0.15) is 0 Å². The first-order valence-electron chi connectivity index (χ1n) is 6.20. The molecule has 5 heteroatoms. The Labute approximate surface area is 111 Å². The van der Waals surface area contributed by atoms with Gasteiger partial charge in [0.25, 0.3) is 0 Å². The molecule has 0 aliphatic rings. The van der Waals surface area contributed by atoms with Crippen LogP contribution in [0.5, 0.6) is 0 Å². The molecule has 4 nitrogen and oxygen atoms in total. The van der Waals surface area contributed by atoms with E-state index in [2.05, 4.69) is 15.3 Å². The SMILES string of the molecule is Cc1cc(CCNc2ccnc(CN)n2)ccc1F. The predicted octanol–water partition coefficient (Wildman–Crippen LogP) is 2.04. The molecular weight excluding hydrogens is 243 g/mol.